The Morgan fingerprint density at radius 3 is 1.65 bits per heavy atom. The van der Waals surface area contributed by atoms with Gasteiger partial charge in [-0.3, -0.25) is 9.59 Å². The van der Waals surface area contributed by atoms with Crippen molar-refractivity contribution in [1.82, 2.24) is 0 Å². The molecule has 0 bridgehead atoms. The maximum absolute atomic E-state index is 11.8. The Kier molecular flexibility index (Phi) is 18.9. The van der Waals surface area contributed by atoms with Crippen molar-refractivity contribution in [1.29, 1.82) is 0 Å². The Bertz CT molecular complexity index is 439. The quantitative estimate of drug-likeness (QED) is 0.142. The van der Waals surface area contributed by atoms with Crippen LogP contribution in [0.4, 0.5) is 0 Å². The van der Waals surface area contributed by atoms with Crippen molar-refractivity contribution < 1.29 is 19.1 Å². The normalized spacial score (nSPS) is 12.5. The summed E-state index contributed by atoms with van der Waals surface area (Å²) >= 11 is 0. The molecule has 0 aliphatic rings. The number of ether oxygens (including phenoxy) is 2. The van der Waals surface area contributed by atoms with Gasteiger partial charge in [-0.2, -0.15) is 0 Å². The summed E-state index contributed by atoms with van der Waals surface area (Å²) in [6.45, 7) is 12.0. The molecule has 1 atom stereocenters. The van der Waals surface area contributed by atoms with Gasteiger partial charge in [0.15, 0.2) is 0 Å². The highest BCUT2D eigenvalue weighted by molar-refractivity contribution is 5.69. The van der Waals surface area contributed by atoms with E-state index in [4.69, 9.17) is 9.47 Å². The molecule has 1 unspecified atom stereocenters. The zero-order valence-electron chi connectivity index (χ0n) is 21.4. The summed E-state index contributed by atoms with van der Waals surface area (Å²) in [6, 6.07) is 0. The second-order valence-corrected chi connectivity index (χ2v) is 10.5. The second-order valence-electron chi connectivity index (χ2n) is 10.5. The van der Waals surface area contributed by atoms with E-state index in [1.165, 1.54) is 51.4 Å². The molecule has 0 aromatic rings. The van der Waals surface area contributed by atoms with Crippen molar-refractivity contribution in [3.8, 4) is 0 Å². The van der Waals surface area contributed by atoms with Crippen LogP contribution in [-0.2, 0) is 19.1 Å². The highest BCUT2D eigenvalue weighted by atomic mass is 16.5. The van der Waals surface area contributed by atoms with Gasteiger partial charge in [-0.05, 0) is 37.0 Å². The van der Waals surface area contributed by atoms with Crippen LogP contribution >= 0.6 is 0 Å². The zero-order valence-corrected chi connectivity index (χ0v) is 21.4. The van der Waals surface area contributed by atoms with E-state index in [1.54, 1.807) is 0 Å². The van der Waals surface area contributed by atoms with Gasteiger partial charge >= 0.3 is 11.9 Å². The summed E-state index contributed by atoms with van der Waals surface area (Å²) in [6.07, 6.45) is 17.2. The fourth-order valence-electron chi connectivity index (χ4n) is 3.97. The second kappa shape index (κ2) is 19.6. The number of unbranched alkanes of at least 4 members (excludes halogenated alkanes) is 11. The van der Waals surface area contributed by atoms with Crippen molar-refractivity contribution >= 4 is 11.9 Å². The molecule has 184 valence electrons. The van der Waals surface area contributed by atoms with Crippen LogP contribution in [0.15, 0.2) is 0 Å². The first kappa shape index (κ1) is 29.9. The van der Waals surface area contributed by atoms with E-state index in [1.807, 2.05) is 0 Å². The van der Waals surface area contributed by atoms with Crippen LogP contribution in [0.1, 0.15) is 137 Å². The maximum Gasteiger partial charge on any atom is 0.305 e. The minimum atomic E-state index is -0.121. The number of carbonyl (C=O) groups is 2. The molecule has 0 fully saturated rings. The molecule has 0 aliphatic carbocycles. The van der Waals surface area contributed by atoms with Crippen LogP contribution in [0.2, 0.25) is 0 Å². The van der Waals surface area contributed by atoms with Crippen LogP contribution in [0.5, 0.6) is 0 Å². The van der Waals surface area contributed by atoms with Crippen molar-refractivity contribution in [2.75, 3.05) is 13.2 Å². The summed E-state index contributed by atoms with van der Waals surface area (Å²) in [5, 5.41) is 0. The number of hydrogen-bond donors (Lipinski definition) is 0. The summed E-state index contributed by atoms with van der Waals surface area (Å²) in [4.78, 5) is 23.6. The number of esters is 2. The summed E-state index contributed by atoms with van der Waals surface area (Å²) < 4.78 is 10.7. The van der Waals surface area contributed by atoms with Gasteiger partial charge in [-0.15, -0.1) is 0 Å². The molecular formula is C27H52O4. The molecule has 4 nitrogen and oxygen atoms in total. The zero-order chi connectivity index (χ0) is 23.4. The largest absolute Gasteiger partial charge is 0.466 e. The van der Waals surface area contributed by atoms with Gasteiger partial charge in [0.05, 0.1) is 13.2 Å². The maximum atomic E-state index is 11.8. The minimum absolute atomic E-state index is 0.102. The predicted octanol–water partition coefficient (Wildman–Crippen LogP) is 8.02. The van der Waals surface area contributed by atoms with Gasteiger partial charge in [-0.25, -0.2) is 0 Å². The van der Waals surface area contributed by atoms with E-state index in [0.29, 0.717) is 32.0 Å². The first-order chi connectivity index (χ1) is 14.7. The average molecular weight is 441 g/mol. The smallest absolute Gasteiger partial charge is 0.305 e. The van der Waals surface area contributed by atoms with Crippen LogP contribution in [0, 0.1) is 11.3 Å². The van der Waals surface area contributed by atoms with Crippen LogP contribution in [-0.4, -0.2) is 25.2 Å². The van der Waals surface area contributed by atoms with E-state index < -0.39 is 0 Å². The van der Waals surface area contributed by atoms with E-state index in [-0.39, 0.29) is 17.4 Å². The summed E-state index contributed by atoms with van der Waals surface area (Å²) in [5.74, 6) is 0.160. The molecule has 0 aliphatic heterocycles. The standard InChI is InChI=1S/C27H52O4/c1-6-7-8-9-10-11-12-13-14-18-21-30-25(28)19-16-15-17-20-26(29)31-23-24(2)22-27(3,4)5/h24H,6-23H2,1-5H3. The van der Waals surface area contributed by atoms with E-state index >= 15 is 0 Å². The lowest BCUT2D eigenvalue weighted by Gasteiger charge is -2.22. The van der Waals surface area contributed by atoms with E-state index in [2.05, 4.69) is 34.6 Å². The molecule has 0 saturated carbocycles. The lowest BCUT2D eigenvalue weighted by Crippen LogP contribution is -2.17. The van der Waals surface area contributed by atoms with Crippen molar-refractivity contribution in [2.45, 2.75) is 137 Å². The van der Waals surface area contributed by atoms with Crippen LogP contribution < -0.4 is 0 Å². The molecule has 0 aromatic carbocycles. The Hall–Kier alpha value is -1.06. The molecule has 0 radical (unpaired) electrons. The monoisotopic (exact) mass is 440 g/mol. The number of hydrogen-bond acceptors (Lipinski definition) is 4. The number of rotatable bonds is 20. The van der Waals surface area contributed by atoms with E-state index in [9.17, 15) is 9.59 Å². The lowest BCUT2D eigenvalue weighted by atomic mass is 9.86. The third kappa shape index (κ3) is 23.4. The molecule has 0 rings (SSSR count). The first-order valence-corrected chi connectivity index (χ1v) is 13.1. The minimum Gasteiger partial charge on any atom is -0.466 e. The lowest BCUT2D eigenvalue weighted by molar-refractivity contribution is -0.145. The highest BCUT2D eigenvalue weighted by Crippen LogP contribution is 2.24. The fourth-order valence-corrected chi connectivity index (χ4v) is 3.97. The Labute approximate surface area is 193 Å². The Morgan fingerprint density at radius 2 is 1.13 bits per heavy atom. The Balaban J connectivity index is 3.42. The summed E-state index contributed by atoms with van der Waals surface area (Å²) in [7, 11) is 0. The van der Waals surface area contributed by atoms with Crippen LogP contribution in [0.25, 0.3) is 0 Å². The van der Waals surface area contributed by atoms with Gasteiger partial charge < -0.3 is 9.47 Å². The van der Waals surface area contributed by atoms with Crippen LogP contribution in [0.3, 0.4) is 0 Å². The first-order valence-electron chi connectivity index (χ1n) is 13.1. The van der Waals surface area contributed by atoms with Gasteiger partial charge in [-0.1, -0.05) is 98.8 Å². The molecule has 0 saturated heterocycles. The van der Waals surface area contributed by atoms with E-state index in [0.717, 1.165) is 38.5 Å². The fraction of sp³-hybridized carbons (Fsp3) is 0.926. The van der Waals surface area contributed by atoms with Gasteiger partial charge in [0.2, 0.25) is 0 Å². The van der Waals surface area contributed by atoms with Gasteiger partial charge in [0.1, 0.15) is 0 Å². The van der Waals surface area contributed by atoms with Crippen molar-refractivity contribution in [2.24, 2.45) is 11.3 Å². The molecule has 31 heavy (non-hydrogen) atoms. The third-order valence-electron chi connectivity index (χ3n) is 5.51. The molecule has 0 spiro atoms. The van der Waals surface area contributed by atoms with Gasteiger partial charge in [0.25, 0.3) is 0 Å². The molecule has 0 N–H and O–H groups in total. The Morgan fingerprint density at radius 1 is 0.677 bits per heavy atom. The molecule has 0 heterocycles. The third-order valence-corrected chi connectivity index (χ3v) is 5.51. The topological polar surface area (TPSA) is 52.6 Å². The van der Waals surface area contributed by atoms with Crippen molar-refractivity contribution in [3.63, 3.8) is 0 Å². The SMILES string of the molecule is CCCCCCCCCCCCOC(=O)CCCCCC(=O)OCC(C)CC(C)(C)C. The van der Waals surface area contributed by atoms with Crippen molar-refractivity contribution in [3.05, 3.63) is 0 Å². The molecule has 0 amide bonds. The number of carbonyl (C=O) groups excluding carboxylic acids is 2. The molecular weight excluding hydrogens is 388 g/mol. The molecule has 0 aromatic heterocycles. The summed E-state index contributed by atoms with van der Waals surface area (Å²) in [5.41, 5.74) is 0.258. The predicted molar refractivity (Wildman–Crippen MR) is 130 cm³/mol. The average Bonchev–Trinajstić information content (AvgIpc) is 2.69. The molecule has 4 heteroatoms. The highest BCUT2D eigenvalue weighted by Gasteiger charge is 2.16. The van der Waals surface area contributed by atoms with Gasteiger partial charge in [0, 0.05) is 12.8 Å².